The first kappa shape index (κ1) is 19.3. The fourth-order valence-electron chi connectivity index (χ4n) is 2.27. The lowest BCUT2D eigenvalue weighted by molar-refractivity contribution is -0.124. The Balaban J connectivity index is 2.40. The molecular formula is C16H24N6O4. The molecule has 4 N–H and O–H groups in total. The van der Waals surface area contributed by atoms with E-state index in [9.17, 15) is 19.5 Å². The molecule has 1 atom stereocenters. The van der Waals surface area contributed by atoms with Crippen LogP contribution in [0.1, 0.15) is 31.3 Å². The molecule has 2 heterocycles. The summed E-state index contributed by atoms with van der Waals surface area (Å²) in [6.45, 7) is 5.84. The predicted octanol–water partition coefficient (Wildman–Crippen LogP) is -0.258. The Hall–Kier alpha value is -3.04. The topological polar surface area (TPSA) is 129 Å². The Bertz CT molecular complexity index is 793. The molecule has 1 aromatic heterocycles. The van der Waals surface area contributed by atoms with Crippen molar-refractivity contribution in [2.45, 2.75) is 26.8 Å². The summed E-state index contributed by atoms with van der Waals surface area (Å²) in [5.74, 6) is -1.92. The highest BCUT2D eigenvalue weighted by molar-refractivity contribution is 6.20. The van der Waals surface area contributed by atoms with Crippen LogP contribution in [-0.2, 0) is 16.6 Å². The Morgan fingerprint density at radius 2 is 1.77 bits per heavy atom. The highest BCUT2D eigenvalue weighted by Crippen LogP contribution is 2.29. The van der Waals surface area contributed by atoms with Crippen LogP contribution >= 0.6 is 0 Å². The third-order valence-corrected chi connectivity index (χ3v) is 4.18. The molecule has 142 valence electrons. The van der Waals surface area contributed by atoms with Crippen molar-refractivity contribution >= 4 is 23.5 Å². The molecule has 1 aliphatic heterocycles. The highest BCUT2D eigenvalue weighted by Gasteiger charge is 2.34. The minimum absolute atomic E-state index is 0.0344. The number of hydrogen-bond donors (Lipinski definition) is 4. The van der Waals surface area contributed by atoms with Crippen molar-refractivity contribution < 1.29 is 19.5 Å². The van der Waals surface area contributed by atoms with E-state index in [0.29, 0.717) is 0 Å². The maximum Gasteiger partial charge on any atom is 0.277 e. The zero-order valence-electron chi connectivity index (χ0n) is 15.7. The number of hydrogen-bond acceptors (Lipinski definition) is 7. The average molecular weight is 364 g/mol. The lowest BCUT2D eigenvalue weighted by Gasteiger charge is -2.19. The van der Waals surface area contributed by atoms with Gasteiger partial charge in [-0.05, 0) is 12.8 Å². The Morgan fingerprint density at radius 3 is 2.31 bits per heavy atom. The monoisotopic (exact) mass is 364 g/mol. The van der Waals surface area contributed by atoms with Gasteiger partial charge in [0.25, 0.3) is 17.7 Å². The summed E-state index contributed by atoms with van der Waals surface area (Å²) >= 11 is 0. The third-order valence-electron chi connectivity index (χ3n) is 4.18. The number of carbonyl (C=O) groups excluding carboxylic acids is 3. The van der Waals surface area contributed by atoms with Crippen LogP contribution in [-0.4, -0.2) is 57.6 Å². The molecule has 0 aromatic carbocycles. The van der Waals surface area contributed by atoms with E-state index in [2.05, 4.69) is 21.0 Å². The molecule has 0 radical (unpaired) electrons. The molecule has 0 spiro atoms. The summed E-state index contributed by atoms with van der Waals surface area (Å²) in [6.07, 6.45) is 0. The second-order valence-electron chi connectivity index (χ2n) is 6.70. The first-order valence-electron chi connectivity index (χ1n) is 8.15. The summed E-state index contributed by atoms with van der Waals surface area (Å²) < 4.78 is 1.21. The van der Waals surface area contributed by atoms with Crippen molar-refractivity contribution in [2.75, 3.05) is 19.4 Å². The van der Waals surface area contributed by atoms with Gasteiger partial charge in [0, 0.05) is 27.2 Å². The zero-order valence-corrected chi connectivity index (χ0v) is 15.7. The normalized spacial score (nSPS) is 15.3. The zero-order chi connectivity index (χ0) is 19.8. The Labute approximate surface area is 151 Å². The number of aryl methyl sites for hydroxylation is 1. The van der Waals surface area contributed by atoms with Gasteiger partial charge < -0.3 is 20.6 Å². The number of amides is 3. The number of rotatable bonds is 6. The highest BCUT2D eigenvalue weighted by atomic mass is 16.3. The van der Waals surface area contributed by atoms with Crippen LogP contribution in [0.4, 0.5) is 5.82 Å². The number of carbonyl (C=O) groups is 3. The van der Waals surface area contributed by atoms with Crippen molar-refractivity contribution in [1.29, 1.82) is 0 Å². The van der Waals surface area contributed by atoms with Crippen LogP contribution < -0.4 is 16.0 Å². The number of aromatic hydroxyl groups is 1. The van der Waals surface area contributed by atoms with Crippen molar-refractivity contribution in [3.63, 3.8) is 0 Å². The van der Waals surface area contributed by atoms with E-state index < -0.39 is 23.5 Å². The number of nitrogens with one attached hydrogen (secondary N) is 3. The molecule has 3 amide bonds. The fraction of sp³-hybridized carbons (Fsp3) is 0.500. The molecule has 0 unspecified atom stereocenters. The van der Waals surface area contributed by atoms with Gasteiger partial charge in [-0.15, -0.1) is 0 Å². The molecule has 1 aliphatic rings. The third kappa shape index (κ3) is 3.48. The van der Waals surface area contributed by atoms with Gasteiger partial charge in [-0.2, -0.15) is 5.10 Å². The van der Waals surface area contributed by atoms with Gasteiger partial charge >= 0.3 is 0 Å². The lowest BCUT2D eigenvalue weighted by Crippen LogP contribution is -2.35. The fourth-order valence-corrected chi connectivity index (χ4v) is 2.27. The SMILES string of the molecule is CC(C)[C@H](C)NC1=C(Nc2nn(C)c(C(=O)N(C)C)c2O)C(=O)NC1=O. The van der Waals surface area contributed by atoms with E-state index >= 15 is 0 Å². The summed E-state index contributed by atoms with van der Waals surface area (Å²) in [4.78, 5) is 37.6. The largest absolute Gasteiger partial charge is 0.503 e. The van der Waals surface area contributed by atoms with Crippen molar-refractivity contribution in [2.24, 2.45) is 13.0 Å². The summed E-state index contributed by atoms with van der Waals surface area (Å²) in [7, 11) is 4.58. The van der Waals surface area contributed by atoms with E-state index in [0.717, 1.165) is 0 Å². The van der Waals surface area contributed by atoms with Gasteiger partial charge in [-0.3, -0.25) is 24.4 Å². The van der Waals surface area contributed by atoms with Crippen LogP contribution in [0.5, 0.6) is 5.75 Å². The van der Waals surface area contributed by atoms with Gasteiger partial charge in [0.15, 0.2) is 17.3 Å². The number of aromatic nitrogens is 2. The van der Waals surface area contributed by atoms with E-state index in [1.54, 1.807) is 14.1 Å². The van der Waals surface area contributed by atoms with Crippen LogP contribution in [0.2, 0.25) is 0 Å². The molecule has 0 fully saturated rings. The molecule has 1 aromatic rings. The Kier molecular flexibility index (Phi) is 5.24. The maximum absolute atomic E-state index is 12.2. The molecule has 2 rings (SSSR count). The first-order chi connectivity index (χ1) is 12.0. The number of imide groups is 1. The van der Waals surface area contributed by atoms with Crippen molar-refractivity contribution in [1.82, 2.24) is 25.3 Å². The van der Waals surface area contributed by atoms with E-state index in [1.165, 1.54) is 16.6 Å². The molecular weight excluding hydrogens is 340 g/mol. The second kappa shape index (κ2) is 7.06. The Morgan fingerprint density at radius 1 is 1.19 bits per heavy atom. The minimum atomic E-state index is -0.640. The molecule has 0 saturated heterocycles. The summed E-state index contributed by atoms with van der Waals surface area (Å²) in [5, 5.41) is 22.3. The van der Waals surface area contributed by atoms with Crippen LogP contribution in [0.25, 0.3) is 0 Å². The molecule has 10 heteroatoms. The van der Waals surface area contributed by atoms with Crippen molar-refractivity contribution in [3.8, 4) is 5.75 Å². The standard InChI is InChI=1S/C16H24N6O4/c1-7(2)8(3)17-9-10(15(25)19-14(9)24)18-13-12(23)11(22(6)20-13)16(26)21(4)5/h7-8,23H,1-6H3,(H3,17,18,19,20,24,25)/t8-/m0/s1. The molecule has 0 saturated carbocycles. The van der Waals surface area contributed by atoms with E-state index in [1.807, 2.05) is 20.8 Å². The first-order valence-corrected chi connectivity index (χ1v) is 8.15. The summed E-state index contributed by atoms with van der Waals surface area (Å²) in [5.41, 5.74) is -0.0191. The number of nitrogens with zero attached hydrogens (tertiary/aromatic N) is 3. The van der Waals surface area contributed by atoms with Gasteiger partial charge in [0.05, 0.1) is 0 Å². The number of anilines is 1. The van der Waals surface area contributed by atoms with Crippen LogP contribution in [0, 0.1) is 5.92 Å². The second-order valence-corrected chi connectivity index (χ2v) is 6.70. The quantitative estimate of drug-likeness (QED) is 0.512. The van der Waals surface area contributed by atoms with Crippen molar-refractivity contribution in [3.05, 3.63) is 17.1 Å². The van der Waals surface area contributed by atoms with Gasteiger partial charge in [0.1, 0.15) is 11.4 Å². The van der Waals surface area contributed by atoms with Crippen LogP contribution in [0.3, 0.4) is 0 Å². The molecule has 0 bridgehead atoms. The maximum atomic E-state index is 12.2. The molecule has 26 heavy (non-hydrogen) atoms. The predicted molar refractivity (Wildman–Crippen MR) is 94.1 cm³/mol. The average Bonchev–Trinajstić information content (AvgIpc) is 2.96. The van der Waals surface area contributed by atoms with Gasteiger partial charge in [-0.25, -0.2) is 0 Å². The minimum Gasteiger partial charge on any atom is -0.503 e. The van der Waals surface area contributed by atoms with E-state index in [-0.39, 0.29) is 34.9 Å². The smallest absolute Gasteiger partial charge is 0.277 e. The summed E-state index contributed by atoms with van der Waals surface area (Å²) in [6, 6.07) is -0.0679. The molecule has 10 nitrogen and oxygen atoms in total. The van der Waals surface area contributed by atoms with Crippen LogP contribution in [0.15, 0.2) is 11.4 Å². The van der Waals surface area contributed by atoms with E-state index in [4.69, 9.17) is 0 Å². The lowest BCUT2D eigenvalue weighted by atomic mass is 10.1. The molecule has 0 aliphatic carbocycles. The van der Waals surface area contributed by atoms with Gasteiger partial charge in [0.2, 0.25) is 0 Å². The van der Waals surface area contributed by atoms with Gasteiger partial charge in [-0.1, -0.05) is 13.8 Å².